The van der Waals surface area contributed by atoms with Crippen LogP contribution in [0.15, 0.2) is 5.11 Å². The second-order valence-corrected chi connectivity index (χ2v) is 8.27. The lowest BCUT2D eigenvalue weighted by Crippen LogP contribution is -2.36. The van der Waals surface area contributed by atoms with E-state index in [1.165, 1.54) is 70.6 Å². The van der Waals surface area contributed by atoms with E-state index in [0.29, 0.717) is 0 Å². The molecule has 0 radical (unpaired) electrons. The second-order valence-electron chi connectivity index (χ2n) is 8.27. The minimum Gasteiger partial charge on any atom is -0.396 e. The van der Waals surface area contributed by atoms with Crippen LogP contribution in [-0.2, 0) is 9.47 Å². The Morgan fingerprint density at radius 3 is 1.93 bits per heavy atom. The van der Waals surface area contributed by atoms with E-state index in [0.717, 1.165) is 12.8 Å². The molecule has 0 spiro atoms. The highest BCUT2D eigenvalue weighted by molar-refractivity contribution is 4.90. The lowest BCUT2D eigenvalue weighted by molar-refractivity contribution is -0.148. The van der Waals surface area contributed by atoms with Crippen LogP contribution < -0.4 is 0 Å². The van der Waals surface area contributed by atoms with E-state index in [4.69, 9.17) is 15.0 Å². The van der Waals surface area contributed by atoms with E-state index in [-0.39, 0.29) is 18.8 Å². The van der Waals surface area contributed by atoms with Gasteiger partial charge in [-0.1, -0.05) is 89.1 Å². The van der Waals surface area contributed by atoms with Crippen molar-refractivity contribution < 1.29 is 14.6 Å². The minimum atomic E-state index is -0.690. The number of aliphatic hydroxyl groups excluding tert-OH is 1. The summed E-state index contributed by atoms with van der Waals surface area (Å²) in [6, 6.07) is -0.584. The van der Waals surface area contributed by atoms with Crippen LogP contribution in [0.4, 0.5) is 0 Å². The third-order valence-corrected chi connectivity index (χ3v) is 5.33. The molecule has 1 fully saturated rings. The Morgan fingerprint density at radius 1 is 0.926 bits per heavy atom. The third kappa shape index (κ3) is 10.3. The van der Waals surface area contributed by atoms with Gasteiger partial charge in [-0.15, -0.1) is 0 Å². The van der Waals surface area contributed by atoms with E-state index in [1.807, 2.05) is 13.8 Å². The van der Waals surface area contributed by atoms with Crippen molar-refractivity contribution in [2.75, 3.05) is 6.61 Å². The molecule has 1 heterocycles. The number of azide groups is 1. The molecular weight excluding hydrogens is 342 g/mol. The van der Waals surface area contributed by atoms with E-state index < -0.39 is 11.8 Å². The van der Waals surface area contributed by atoms with Gasteiger partial charge in [0.25, 0.3) is 0 Å². The van der Waals surface area contributed by atoms with Gasteiger partial charge in [-0.2, -0.15) is 0 Å². The summed E-state index contributed by atoms with van der Waals surface area (Å²) >= 11 is 0. The van der Waals surface area contributed by atoms with Gasteiger partial charge in [-0.3, -0.25) is 0 Å². The Labute approximate surface area is 165 Å². The van der Waals surface area contributed by atoms with E-state index in [2.05, 4.69) is 16.9 Å². The zero-order valence-electron chi connectivity index (χ0n) is 17.7. The first-order valence-corrected chi connectivity index (χ1v) is 11.0. The van der Waals surface area contributed by atoms with E-state index >= 15 is 0 Å². The molecular formula is C21H41N3O3. The highest BCUT2D eigenvalue weighted by atomic mass is 16.8. The molecule has 6 nitrogen and oxygen atoms in total. The highest BCUT2D eigenvalue weighted by Crippen LogP contribution is 2.33. The van der Waals surface area contributed by atoms with Crippen LogP contribution in [0, 0.1) is 0 Å². The number of hydrogen-bond donors (Lipinski definition) is 1. The molecule has 1 rings (SSSR count). The monoisotopic (exact) mass is 383 g/mol. The Balaban J connectivity index is 2.13. The lowest BCUT2D eigenvalue weighted by atomic mass is 10.00. The van der Waals surface area contributed by atoms with Crippen LogP contribution in [-0.4, -0.2) is 35.8 Å². The largest absolute Gasteiger partial charge is 0.396 e. The molecule has 158 valence electrons. The Bertz CT molecular complexity index is 425. The smallest absolute Gasteiger partial charge is 0.163 e. The topological polar surface area (TPSA) is 87.5 Å². The van der Waals surface area contributed by atoms with Crippen molar-refractivity contribution in [2.24, 2.45) is 5.11 Å². The number of aliphatic hydroxyl groups is 1. The van der Waals surface area contributed by atoms with Crippen LogP contribution in [0.2, 0.25) is 0 Å². The number of unbranched alkanes of at least 4 members (excludes halogenated alkanes) is 11. The maximum atomic E-state index is 9.48. The number of rotatable bonds is 16. The van der Waals surface area contributed by atoms with Gasteiger partial charge in [0.05, 0.1) is 24.9 Å². The summed E-state index contributed by atoms with van der Waals surface area (Å²) in [5.41, 5.74) is 8.68. The van der Waals surface area contributed by atoms with Crippen molar-refractivity contribution >= 4 is 0 Å². The summed E-state index contributed by atoms with van der Waals surface area (Å²) in [6.07, 6.45) is 16.2. The van der Waals surface area contributed by atoms with Gasteiger partial charge in [-0.05, 0) is 25.8 Å². The van der Waals surface area contributed by atoms with Gasteiger partial charge in [-0.25, -0.2) is 0 Å². The van der Waals surface area contributed by atoms with Gasteiger partial charge >= 0.3 is 0 Å². The standard InChI is InChI=1S/C21H41N3O3/c1-4-5-6-7-8-9-10-11-12-13-14-15-16-19-20(18(17-25)23-24-22)27-21(2,3)26-19/h18-20,25H,4-17H2,1-3H3/t18-,19?,20?/m0/s1. The number of ether oxygens (including phenoxy) is 2. The molecule has 0 bridgehead atoms. The van der Waals surface area contributed by atoms with E-state index in [1.54, 1.807) is 0 Å². The summed E-state index contributed by atoms with van der Waals surface area (Å²) < 4.78 is 11.9. The SMILES string of the molecule is CCCCCCCCCCCCCCC1OC(C)(C)OC1[C@H](CO)N=[N+]=[N-]. The fraction of sp³-hybridized carbons (Fsp3) is 1.00. The zero-order valence-corrected chi connectivity index (χ0v) is 17.7. The first-order chi connectivity index (χ1) is 13.0. The fourth-order valence-electron chi connectivity index (χ4n) is 3.87. The molecule has 1 N–H and O–H groups in total. The maximum absolute atomic E-state index is 9.48. The average molecular weight is 384 g/mol. The molecule has 0 amide bonds. The molecule has 0 aromatic heterocycles. The predicted molar refractivity (Wildman–Crippen MR) is 110 cm³/mol. The fourth-order valence-corrected chi connectivity index (χ4v) is 3.87. The molecule has 6 heteroatoms. The molecule has 2 unspecified atom stereocenters. The molecule has 1 aliphatic heterocycles. The first kappa shape index (κ1) is 24.2. The first-order valence-electron chi connectivity index (χ1n) is 11.0. The van der Waals surface area contributed by atoms with Gasteiger partial charge in [0.2, 0.25) is 0 Å². The summed E-state index contributed by atoms with van der Waals surface area (Å²) in [6.45, 7) is 5.78. The van der Waals surface area contributed by atoms with Crippen molar-refractivity contribution in [1.82, 2.24) is 0 Å². The van der Waals surface area contributed by atoms with Crippen LogP contribution >= 0.6 is 0 Å². The van der Waals surface area contributed by atoms with Crippen molar-refractivity contribution in [1.29, 1.82) is 0 Å². The van der Waals surface area contributed by atoms with Crippen LogP contribution in [0.25, 0.3) is 10.4 Å². The van der Waals surface area contributed by atoms with Gasteiger partial charge in [0.15, 0.2) is 5.79 Å². The zero-order chi connectivity index (χ0) is 20.0. The number of nitrogens with zero attached hydrogens (tertiary/aromatic N) is 3. The second kappa shape index (κ2) is 14.2. The van der Waals surface area contributed by atoms with Crippen molar-refractivity contribution in [3.63, 3.8) is 0 Å². The molecule has 0 aliphatic carbocycles. The molecule has 0 aromatic carbocycles. The Hall–Kier alpha value is -0.810. The van der Waals surface area contributed by atoms with E-state index in [9.17, 15) is 5.11 Å². The summed E-state index contributed by atoms with van der Waals surface area (Å²) in [5, 5.41) is 13.2. The molecule has 3 atom stereocenters. The summed E-state index contributed by atoms with van der Waals surface area (Å²) in [5.74, 6) is -0.690. The molecule has 1 aliphatic rings. The molecule has 0 aromatic rings. The van der Waals surface area contributed by atoms with Gasteiger partial charge < -0.3 is 14.6 Å². The molecule has 27 heavy (non-hydrogen) atoms. The van der Waals surface area contributed by atoms with Crippen molar-refractivity contribution in [2.45, 2.75) is 128 Å². The maximum Gasteiger partial charge on any atom is 0.163 e. The average Bonchev–Trinajstić information content (AvgIpc) is 2.95. The van der Waals surface area contributed by atoms with Gasteiger partial charge in [0.1, 0.15) is 0 Å². The van der Waals surface area contributed by atoms with Gasteiger partial charge in [0, 0.05) is 4.91 Å². The number of hydrogen-bond acceptors (Lipinski definition) is 4. The predicted octanol–water partition coefficient (Wildman–Crippen LogP) is 6.27. The summed E-state index contributed by atoms with van der Waals surface area (Å²) in [7, 11) is 0. The Morgan fingerprint density at radius 2 is 1.44 bits per heavy atom. The summed E-state index contributed by atoms with van der Waals surface area (Å²) in [4.78, 5) is 2.83. The molecule has 1 saturated heterocycles. The highest BCUT2D eigenvalue weighted by Gasteiger charge is 2.44. The Kier molecular flexibility index (Phi) is 12.8. The molecule has 0 saturated carbocycles. The van der Waals surface area contributed by atoms with Crippen molar-refractivity contribution in [3.8, 4) is 0 Å². The van der Waals surface area contributed by atoms with Crippen LogP contribution in [0.3, 0.4) is 0 Å². The van der Waals surface area contributed by atoms with Crippen LogP contribution in [0.5, 0.6) is 0 Å². The van der Waals surface area contributed by atoms with Crippen molar-refractivity contribution in [3.05, 3.63) is 10.4 Å². The lowest BCUT2D eigenvalue weighted by Gasteiger charge is -2.21. The quantitative estimate of drug-likeness (QED) is 0.147. The normalized spacial score (nSPS) is 22.5. The van der Waals surface area contributed by atoms with Crippen LogP contribution in [0.1, 0.15) is 104 Å². The third-order valence-electron chi connectivity index (χ3n) is 5.33. The minimum absolute atomic E-state index is 0.120.